The predicted octanol–water partition coefficient (Wildman–Crippen LogP) is 2.98. The number of hydrogen-bond acceptors (Lipinski definition) is 3. The van der Waals surface area contributed by atoms with E-state index in [-0.39, 0.29) is 24.7 Å². The van der Waals surface area contributed by atoms with Gasteiger partial charge in [-0.1, -0.05) is 24.3 Å². The zero-order valence-electron chi connectivity index (χ0n) is 13.9. The van der Waals surface area contributed by atoms with Crippen LogP contribution in [-0.2, 0) is 0 Å². The van der Waals surface area contributed by atoms with Gasteiger partial charge in [0.1, 0.15) is 0 Å². The minimum absolute atomic E-state index is 0.0302. The van der Waals surface area contributed by atoms with Crippen molar-refractivity contribution >= 4 is 6.03 Å². The van der Waals surface area contributed by atoms with E-state index < -0.39 is 0 Å². The van der Waals surface area contributed by atoms with E-state index in [1.54, 1.807) is 17.3 Å². The van der Waals surface area contributed by atoms with Crippen molar-refractivity contribution in [1.29, 1.82) is 0 Å². The number of rotatable bonds is 4. The molecule has 0 radical (unpaired) electrons. The van der Waals surface area contributed by atoms with E-state index in [9.17, 15) is 9.90 Å². The third-order valence-corrected chi connectivity index (χ3v) is 4.61. The van der Waals surface area contributed by atoms with Gasteiger partial charge in [0, 0.05) is 18.9 Å². The van der Waals surface area contributed by atoms with E-state index >= 15 is 0 Å². The molecule has 3 rings (SSSR count). The highest BCUT2D eigenvalue weighted by atomic mass is 16.3. The lowest BCUT2D eigenvalue weighted by molar-refractivity contribution is 0.155. The molecule has 1 saturated heterocycles. The molecule has 126 valence electrons. The second-order valence-corrected chi connectivity index (χ2v) is 6.20. The van der Waals surface area contributed by atoms with Gasteiger partial charge in [-0.05, 0) is 48.6 Å². The maximum Gasteiger partial charge on any atom is 0.318 e. The monoisotopic (exact) mass is 325 g/mol. The fourth-order valence-corrected chi connectivity index (χ4v) is 3.15. The number of carbonyl (C=O) groups is 1. The average Bonchev–Trinajstić information content (AvgIpc) is 3.11. The maximum atomic E-state index is 12.4. The van der Waals surface area contributed by atoms with Crippen molar-refractivity contribution in [2.24, 2.45) is 0 Å². The van der Waals surface area contributed by atoms with E-state index in [1.807, 2.05) is 31.2 Å². The molecule has 1 aliphatic heterocycles. The molecule has 1 unspecified atom stereocenters. The number of carbonyl (C=O) groups excluding carboxylic acids is 1. The standard InChI is InChI=1S/C19H23N3O2/c1-14(21-19(24)22-12-2-3-18(22)13-23)15-4-6-16(7-5-15)17-8-10-20-11-9-17/h4-11,14,18,23H,2-3,12-13H2,1H3,(H,21,24)/t14?,18-/m0/s1. The lowest BCUT2D eigenvalue weighted by atomic mass is 10.0. The molecule has 0 aliphatic carbocycles. The molecule has 5 heteroatoms. The fraction of sp³-hybridized carbons (Fsp3) is 0.368. The fourth-order valence-electron chi connectivity index (χ4n) is 3.15. The molecular weight excluding hydrogens is 302 g/mol. The van der Waals surface area contributed by atoms with Gasteiger partial charge in [-0.3, -0.25) is 4.98 Å². The molecule has 2 amide bonds. The Kier molecular flexibility index (Phi) is 5.11. The molecule has 0 spiro atoms. The minimum Gasteiger partial charge on any atom is -0.394 e. The molecule has 1 fully saturated rings. The van der Waals surface area contributed by atoms with Gasteiger partial charge in [-0.15, -0.1) is 0 Å². The molecule has 0 bridgehead atoms. The molecular formula is C19H23N3O2. The molecule has 2 atom stereocenters. The first-order valence-corrected chi connectivity index (χ1v) is 8.37. The summed E-state index contributed by atoms with van der Waals surface area (Å²) in [4.78, 5) is 18.2. The van der Waals surface area contributed by atoms with Crippen molar-refractivity contribution in [3.05, 3.63) is 54.4 Å². The number of benzene rings is 1. The summed E-state index contributed by atoms with van der Waals surface area (Å²) in [5.41, 5.74) is 3.30. The highest BCUT2D eigenvalue weighted by molar-refractivity contribution is 5.75. The summed E-state index contributed by atoms with van der Waals surface area (Å²) in [6.45, 7) is 2.72. The van der Waals surface area contributed by atoms with E-state index in [0.717, 1.165) is 29.5 Å². The summed E-state index contributed by atoms with van der Waals surface area (Å²) >= 11 is 0. The van der Waals surface area contributed by atoms with Gasteiger partial charge in [0.05, 0.1) is 18.7 Å². The number of amides is 2. The molecule has 2 N–H and O–H groups in total. The predicted molar refractivity (Wildman–Crippen MR) is 93.4 cm³/mol. The summed E-state index contributed by atoms with van der Waals surface area (Å²) in [6, 6.07) is 11.9. The van der Waals surface area contributed by atoms with Crippen molar-refractivity contribution < 1.29 is 9.90 Å². The number of aliphatic hydroxyl groups excluding tert-OH is 1. The van der Waals surface area contributed by atoms with Crippen molar-refractivity contribution in [1.82, 2.24) is 15.2 Å². The van der Waals surface area contributed by atoms with Gasteiger partial charge >= 0.3 is 6.03 Å². The highest BCUT2D eigenvalue weighted by Gasteiger charge is 2.28. The zero-order chi connectivity index (χ0) is 16.9. The molecule has 1 aromatic carbocycles. The van der Waals surface area contributed by atoms with E-state index in [1.165, 1.54) is 0 Å². The molecule has 1 aromatic heterocycles. The van der Waals surface area contributed by atoms with Crippen molar-refractivity contribution in [2.75, 3.05) is 13.2 Å². The van der Waals surface area contributed by atoms with Gasteiger partial charge < -0.3 is 15.3 Å². The van der Waals surface area contributed by atoms with Crippen molar-refractivity contribution in [3.8, 4) is 11.1 Å². The Morgan fingerprint density at radius 3 is 2.58 bits per heavy atom. The smallest absolute Gasteiger partial charge is 0.318 e. The summed E-state index contributed by atoms with van der Waals surface area (Å²) < 4.78 is 0. The summed E-state index contributed by atoms with van der Waals surface area (Å²) in [6.07, 6.45) is 5.38. The summed E-state index contributed by atoms with van der Waals surface area (Å²) in [7, 11) is 0. The lowest BCUT2D eigenvalue weighted by Gasteiger charge is -2.25. The number of pyridine rings is 1. The summed E-state index contributed by atoms with van der Waals surface area (Å²) in [5, 5.41) is 12.4. The van der Waals surface area contributed by atoms with Crippen LogP contribution in [0.3, 0.4) is 0 Å². The normalized spacial score (nSPS) is 18.4. The Hall–Kier alpha value is -2.40. The second-order valence-electron chi connectivity index (χ2n) is 6.20. The van der Waals surface area contributed by atoms with E-state index in [2.05, 4.69) is 22.4 Å². The van der Waals surface area contributed by atoms with Gasteiger partial charge in [-0.2, -0.15) is 0 Å². The topological polar surface area (TPSA) is 65.5 Å². The van der Waals surface area contributed by atoms with Crippen LogP contribution in [0.25, 0.3) is 11.1 Å². The molecule has 2 heterocycles. The Labute approximate surface area is 142 Å². The summed E-state index contributed by atoms with van der Waals surface area (Å²) in [5.74, 6) is 0. The van der Waals surface area contributed by atoms with Crippen LogP contribution in [0, 0.1) is 0 Å². The first-order chi connectivity index (χ1) is 11.7. The van der Waals surface area contributed by atoms with Crippen LogP contribution in [0.15, 0.2) is 48.8 Å². The third-order valence-electron chi connectivity index (χ3n) is 4.61. The Bertz CT molecular complexity index is 673. The Balaban J connectivity index is 1.65. The van der Waals surface area contributed by atoms with Gasteiger partial charge in [0.25, 0.3) is 0 Å². The van der Waals surface area contributed by atoms with Crippen molar-refractivity contribution in [3.63, 3.8) is 0 Å². The molecule has 1 aliphatic rings. The highest BCUT2D eigenvalue weighted by Crippen LogP contribution is 2.22. The SMILES string of the molecule is CC(NC(=O)N1CCC[C@H]1CO)c1ccc(-c2ccncc2)cc1. The average molecular weight is 325 g/mol. The van der Waals surface area contributed by atoms with Crippen LogP contribution in [0.4, 0.5) is 4.79 Å². The van der Waals surface area contributed by atoms with Crippen LogP contribution < -0.4 is 5.32 Å². The second kappa shape index (κ2) is 7.45. The molecule has 0 saturated carbocycles. The van der Waals surface area contributed by atoms with Crippen molar-refractivity contribution in [2.45, 2.75) is 31.8 Å². The number of aromatic nitrogens is 1. The van der Waals surface area contributed by atoms with Crippen LogP contribution in [0.1, 0.15) is 31.4 Å². The minimum atomic E-state index is -0.0998. The first kappa shape index (κ1) is 16.5. The number of likely N-dealkylation sites (tertiary alicyclic amines) is 1. The molecule has 5 nitrogen and oxygen atoms in total. The largest absolute Gasteiger partial charge is 0.394 e. The zero-order valence-corrected chi connectivity index (χ0v) is 13.9. The van der Waals surface area contributed by atoms with Gasteiger partial charge in [-0.25, -0.2) is 4.79 Å². The van der Waals surface area contributed by atoms with E-state index in [0.29, 0.717) is 6.54 Å². The van der Waals surface area contributed by atoms with Crippen LogP contribution >= 0.6 is 0 Å². The van der Waals surface area contributed by atoms with Crippen LogP contribution in [0.5, 0.6) is 0 Å². The van der Waals surface area contributed by atoms with Crippen LogP contribution in [0.2, 0.25) is 0 Å². The molecule has 2 aromatic rings. The number of hydrogen-bond donors (Lipinski definition) is 2. The molecule has 24 heavy (non-hydrogen) atoms. The third kappa shape index (κ3) is 3.57. The number of aliphatic hydroxyl groups is 1. The number of urea groups is 1. The number of nitrogens with one attached hydrogen (secondary N) is 1. The Morgan fingerprint density at radius 2 is 1.92 bits per heavy atom. The lowest BCUT2D eigenvalue weighted by Crippen LogP contribution is -2.44. The number of nitrogens with zero attached hydrogens (tertiary/aromatic N) is 2. The van der Waals surface area contributed by atoms with Gasteiger partial charge in [0.15, 0.2) is 0 Å². The maximum absolute atomic E-state index is 12.4. The van der Waals surface area contributed by atoms with Gasteiger partial charge in [0.2, 0.25) is 0 Å². The Morgan fingerprint density at radius 1 is 1.25 bits per heavy atom. The van der Waals surface area contributed by atoms with E-state index in [4.69, 9.17) is 0 Å². The first-order valence-electron chi connectivity index (χ1n) is 8.37. The quantitative estimate of drug-likeness (QED) is 0.908. The van der Waals surface area contributed by atoms with Crippen LogP contribution in [-0.4, -0.2) is 40.2 Å².